The average molecular weight is 383 g/mol. The predicted octanol–water partition coefficient (Wildman–Crippen LogP) is 4.97. The molecule has 0 bridgehead atoms. The van der Waals surface area contributed by atoms with Gasteiger partial charge in [-0.1, -0.05) is 31.7 Å². The lowest BCUT2D eigenvalue weighted by molar-refractivity contribution is 0.411. The van der Waals surface area contributed by atoms with E-state index in [-0.39, 0.29) is 6.17 Å². The van der Waals surface area contributed by atoms with Crippen molar-refractivity contribution >= 4 is 35.1 Å². The summed E-state index contributed by atoms with van der Waals surface area (Å²) < 4.78 is 5.52. The van der Waals surface area contributed by atoms with Crippen LogP contribution in [0, 0.1) is 13.8 Å². The second-order valence-electron chi connectivity index (χ2n) is 6.23. The molecule has 6 heteroatoms. The lowest BCUT2D eigenvalue weighted by Crippen LogP contribution is -2.50. The Hall–Kier alpha value is -2.34. The first kappa shape index (κ1) is 19.4. The molecule has 2 aliphatic rings. The van der Waals surface area contributed by atoms with E-state index in [2.05, 4.69) is 42.8 Å². The fourth-order valence-corrected chi connectivity index (χ4v) is 3.86. The van der Waals surface area contributed by atoms with E-state index in [1.54, 1.807) is 18.9 Å². The molecule has 0 spiro atoms. The molecule has 1 aromatic carbocycles. The summed E-state index contributed by atoms with van der Waals surface area (Å²) in [5.74, 6) is 2.81. The Morgan fingerprint density at radius 2 is 1.93 bits per heavy atom. The van der Waals surface area contributed by atoms with Crippen LogP contribution in [0.3, 0.4) is 0 Å². The molecule has 2 aliphatic heterocycles. The van der Waals surface area contributed by atoms with Crippen molar-refractivity contribution in [3.8, 4) is 5.75 Å². The number of anilines is 1. The fourth-order valence-electron chi connectivity index (χ4n) is 3.52. The fraction of sp³-hybridized carbons (Fsp3) is 0.381. The Morgan fingerprint density at radius 1 is 1.19 bits per heavy atom. The van der Waals surface area contributed by atoms with Gasteiger partial charge in [0.05, 0.1) is 7.11 Å². The topological polar surface area (TPSA) is 50.6 Å². The molecular weight excluding hydrogens is 356 g/mol. The van der Waals surface area contributed by atoms with Gasteiger partial charge in [0.25, 0.3) is 0 Å². The van der Waals surface area contributed by atoms with Crippen molar-refractivity contribution in [1.29, 1.82) is 0 Å². The molecule has 142 valence electrons. The summed E-state index contributed by atoms with van der Waals surface area (Å²) in [5, 5.41) is 0.780. The van der Waals surface area contributed by atoms with Crippen molar-refractivity contribution in [2.24, 2.45) is 4.99 Å². The number of aliphatic imine (C=N–C) groups is 1. The summed E-state index contributed by atoms with van der Waals surface area (Å²) in [6.45, 7) is 10.3. The zero-order chi connectivity index (χ0) is 19.7. The Bertz CT molecular complexity index is 936. The van der Waals surface area contributed by atoms with Gasteiger partial charge >= 0.3 is 0 Å². The van der Waals surface area contributed by atoms with Crippen LogP contribution in [-0.4, -0.2) is 35.3 Å². The van der Waals surface area contributed by atoms with Gasteiger partial charge in [0.1, 0.15) is 23.6 Å². The molecular formula is C21H26N4OS. The quantitative estimate of drug-likeness (QED) is 0.554. The summed E-state index contributed by atoms with van der Waals surface area (Å²) in [6, 6.07) is 4.11. The number of rotatable bonds is 3. The second-order valence-corrected chi connectivity index (χ2v) is 7.01. The number of fused-ring (bicyclic) bond motifs is 3. The third-order valence-electron chi connectivity index (χ3n) is 4.75. The highest BCUT2D eigenvalue weighted by Gasteiger charge is 2.38. The Balaban J connectivity index is 0.00000102. The largest absolute Gasteiger partial charge is 0.496 e. The van der Waals surface area contributed by atoms with Crippen LogP contribution in [0.2, 0.25) is 0 Å². The number of thioether (sulfide) groups is 1. The van der Waals surface area contributed by atoms with Gasteiger partial charge in [0, 0.05) is 17.3 Å². The van der Waals surface area contributed by atoms with Crippen LogP contribution in [0.15, 0.2) is 28.5 Å². The van der Waals surface area contributed by atoms with Crippen molar-refractivity contribution in [1.82, 2.24) is 9.97 Å². The number of aromatic nitrogens is 2. The maximum Gasteiger partial charge on any atom is 0.189 e. The van der Waals surface area contributed by atoms with Gasteiger partial charge in [-0.15, -0.1) is 0 Å². The smallest absolute Gasteiger partial charge is 0.189 e. The number of ether oxygens (including phenoxy) is 1. The minimum atomic E-state index is 0.0910. The molecule has 1 aromatic heterocycles. The Morgan fingerprint density at radius 3 is 2.56 bits per heavy atom. The first-order chi connectivity index (χ1) is 13.0. The lowest BCUT2D eigenvalue weighted by Gasteiger charge is -2.42. The minimum Gasteiger partial charge on any atom is -0.496 e. The molecule has 4 rings (SSSR count). The summed E-state index contributed by atoms with van der Waals surface area (Å²) >= 11 is 1.55. The highest BCUT2D eigenvalue weighted by molar-refractivity contribution is 7.98. The van der Waals surface area contributed by atoms with E-state index in [0.29, 0.717) is 0 Å². The molecule has 3 heterocycles. The molecule has 0 N–H and O–H groups in total. The van der Waals surface area contributed by atoms with Crippen LogP contribution in [-0.2, 0) is 0 Å². The van der Waals surface area contributed by atoms with Gasteiger partial charge in [-0.25, -0.2) is 15.0 Å². The van der Waals surface area contributed by atoms with Gasteiger partial charge in [0.15, 0.2) is 5.16 Å². The van der Waals surface area contributed by atoms with E-state index in [1.807, 2.05) is 32.4 Å². The van der Waals surface area contributed by atoms with Crippen LogP contribution in [0.5, 0.6) is 5.75 Å². The molecule has 0 aliphatic carbocycles. The number of amidine groups is 1. The standard InChI is InChI=1S/C19H20N4OS.C2H6/c1-10-6-7-15(24-4)11(2)16(10)14-8-13-9-20-19(25-5)22-17(13)23-12(3)21-18(14)23;1-2/h6-9,12H,1-5H3;1-2H3. The van der Waals surface area contributed by atoms with Gasteiger partial charge in [-0.3, -0.25) is 4.90 Å². The van der Waals surface area contributed by atoms with Crippen LogP contribution in [0.4, 0.5) is 5.82 Å². The number of methoxy groups -OCH3 is 1. The maximum absolute atomic E-state index is 5.52. The Kier molecular flexibility index (Phi) is 5.56. The average Bonchev–Trinajstić information content (AvgIpc) is 2.68. The number of aryl methyl sites for hydroxylation is 1. The number of benzene rings is 1. The van der Waals surface area contributed by atoms with E-state index in [0.717, 1.165) is 39.3 Å². The molecule has 1 unspecified atom stereocenters. The maximum atomic E-state index is 5.52. The van der Waals surface area contributed by atoms with E-state index >= 15 is 0 Å². The SMILES string of the molecule is CC.COc1ccc(C)c(C2=Cc3cnc(SC)nc3N3C2=NC3C)c1C. The zero-order valence-electron chi connectivity index (χ0n) is 17.0. The first-order valence-corrected chi connectivity index (χ1v) is 10.4. The number of nitrogens with zero attached hydrogens (tertiary/aromatic N) is 4. The highest BCUT2D eigenvalue weighted by atomic mass is 32.2. The van der Waals surface area contributed by atoms with Crippen molar-refractivity contribution in [2.45, 2.75) is 45.9 Å². The van der Waals surface area contributed by atoms with Crippen LogP contribution in [0.1, 0.15) is 43.0 Å². The first-order valence-electron chi connectivity index (χ1n) is 9.20. The van der Waals surface area contributed by atoms with E-state index in [9.17, 15) is 0 Å². The summed E-state index contributed by atoms with van der Waals surface area (Å²) in [7, 11) is 1.71. The van der Waals surface area contributed by atoms with Crippen LogP contribution >= 0.6 is 11.8 Å². The monoisotopic (exact) mass is 382 g/mol. The molecule has 0 fully saturated rings. The molecule has 1 atom stereocenters. The number of hydrogen-bond acceptors (Lipinski definition) is 6. The lowest BCUT2D eigenvalue weighted by atomic mass is 9.89. The van der Waals surface area contributed by atoms with Gasteiger partial charge in [-0.05, 0) is 55.9 Å². The molecule has 2 aromatic rings. The van der Waals surface area contributed by atoms with Crippen LogP contribution < -0.4 is 9.64 Å². The summed E-state index contributed by atoms with van der Waals surface area (Å²) in [4.78, 5) is 16.1. The third-order valence-corrected chi connectivity index (χ3v) is 5.31. The third kappa shape index (κ3) is 3.12. The van der Waals surface area contributed by atoms with Crippen molar-refractivity contribution in [3.05, 3.63) is 40.6 Å². The number of hydrogen-bond donors (Lipinski definition) is 0. The van der Waals surface area contributed by atoms with Crippen LogP contribution in [0.25, 0.3) is 11.6 Å². The predicted molar refractivity (Wildman–Crippen MR) is 115 cm³/mol. The van der Waals surface area contributed by atoms with Crippen molar-refractivity contribution in [3.63, 3.8) is 0 Å². The van der Waals surface area contributed by atoms with E-state index in [4.69, 9.17) is 14.7 Å². The summed E-state index contributed by atoms with van der Waals surface area (Å²) in [5.41, 5.74) is 5.65. The summed E-state index contributed by atoms with van der Waals surface area (Å²) in [6.07, 6.45) is 6.13. The van der Waals surface area contributed by atoms with E-state index in [1.165, 1.54) is 11.1 Å². The molecule has 5 nitrogen and oxygen atoms in total. The Labute approximate surface area is 165 Å². The zero-order valence-corrected chi connectivity index (χ0v) is 17.8. The second kappa shape index (κ2) is 7.72. The van der Waals surface area contributed by atoms with Gasteiger partial charge in [0.2, 0.25) is 0 Å². The van der Waals surface area contributed by atoms with Crippen molar-refractivity contribution in [2.75, 3.05) is 18.3 Å². The van der Waals surface area contributed by atoms with Crippen molar-refractivity contribution < 1.29 is 4.74 Å². The molecule has 27 heavy (non-hydrogen) atoms. The van der Waals surface area contributed by atoms with E-state index < -0.39 is 0 Å². The normalized spacial score (nSPS) is 16.9. The molecule has 0 radical (unpaired) electrons. The molecule has 0 saturated carbocycles. The van der Waals surface area contributed by atoms with Gasteiger partial charge < -0.3 is 4.74 Å². The molecule has 0 saturated heterocycles. The van der Waals surface area contributed by atoms with Gasteiger partial charge in [-0.2, -0.15) is 0 Å². The molecule has 0 amide bonds. The highest BCUT2D eigenvalue weighted by Crippen LogP contribution is 2.42. The minimum absolute atomic E-state index is 0.0910.